The van der Waals surface area contributed by atoms with Crippen molar-refractivity contribution in [3.63, 3.8) is 0 Å². The summed E-state index contributed by atoms with van der Waals surface area (Å²) in [5.41, 5.74) is 2.99. The van der Waals surface area contributed by atoms with Crippen LogP contribution in [-0.2, 0) is 17.9 Å². The number of benzene rings is 2. The Morgan fingerprint density at radius 1 is 1.04 bits per heavy atom. The molecule has 0 aliphatic rings. The summed E-state index contributed by atoms with van der Waals surface area (Å²) in [7, 11) is 0. The lowest BCUT2D eigenvalue weighted by molar-refractivity contribution is -0.118. The molecule has 0 saturated carbocycles. The monoisotopic (exact) mass is 392 g/mol. The lowest BCUT2D eigenvalue weighted by Gasteiger charge is -2.20. The average Bonchev–Trinajstić information content (AvgIpc) is 3.24. The quantitative estimate of drug-likeness (QED) is 0.517. The van der Waals surface area contributed by atoms with Gasteiger partial charge in [-0.1, -0.05) is 30.3 Å². The highest BCUT2D eigenvalue weighted by Gasteiger charge is 2.23. The number of anilines is 2. The largest absolute Gasteiger partial charge is 0.329 e. The molecule has 1 amide bonds. The highest BCUT2D eigenvalue weighted by atomic mass is 32.1. The summed E-state index contributed by atoms with van der Waals surface area (Å²) < 4.78 is 3.22. The van der Waals surface area contributed by atoms with Crippen LogP contribution in [0.4, 0.5) is 10.8 Å². The lowest BCUT2D eigenvalue weighted by Crippen LogP contribution is -2.34. The Hall–Kier alpha value is -3.19. The number of carbonyl (C=O) groups is 1. The lowest BCUT2D eigenvalue weighted by atomic mass is 10.3. The van der Waals surface area contributed by atoms with Gasteiger partial charge in [0.15, 0.2) is 5.13 Å². The number of aryl methyl sites for hydroxylation is 2. The zero-order valence-electron chi connectivity index (χ0n) is 15.7. The molecule has 0 aliphatic heterocycles. The van der Waals surface area contributed by atoms with Gasteiger partial charge in [-0.3, -0.25) is 18.8 Å². The zero-order valence-corrected chi connectivity index (χ0v) is 16.5. The highest BCUT2D eigenvalue weighted by Crippen LogP contribution is 2.29. The molecule has 4 aromatic rings. The minimum atomic E-state index is -0.207. The number of hydrogen-bond donors (Lipinski definition) is 0. The van der Waals surface area contributed by atoms with Gasteiger partial charge in [0.2, 0.25) is 0 Å². The van der Waals surface area contributed by atoms with Crippen LogP contribution in [0.3, 0.4) is 0 Å². The van der Waals surface area contributed by atoms with Crippen molar-refractivity contribution in [1.82, 2.24) is 14.1 Å². The van der Waals surface area contributed by atoms with Crippen LogP contribution >= 0.6 is 11.3 Å². The van der Waals surface area contributed by atoms with Crippen LogP contribution in [-0.4, -0.2) is 20.0 Å². The van der Waals surface area contributed by atoms with Crippen molar-refractivity contribution in [1.29, 1.82) is 0 Å². The van der Waals surface area contributed by atoms with Gasteiger partial charge in [0, 0.05) is 11.9 Å². The molecule has 28 heavy (non-hydrogen) atoms. The molecule has 142 valence electrons. The molecule has 0 aliphatic carbocycles. The Balaban J connectivity index is 1.78. The molecule has 0 saturated heterocycles. The molecular formula is C21H20N4O2S. The minimum absolute atomic E-state index is 0.0557. The third-order valence-corrected chi connectivity index (χ3v) is 5.54. The fourth-order valence-electron chi connectivity index (χ4n) is 3.32. The number of carbonyl (C=O) groups excluding carboxylic acids is 1. The predicted molar refractivity (Wildman–Crippen MR) is 112 cm³/mol. The number of imidazole rings is 1. The van der Waals surface area contributed by atoms with E-state index >= 15 is 0 Å². The van der Waals surface area contributed by atoms with Gasteiger partial charge < -0.3 is 0 Å². The standard InChI is InChI=1S/C21H20N4O2S/c1-3-23-17-11-7-8-12-18(17)24(21(23)27)13-19(26)25(16-9-5-4-6-10-16)20-22-15(2)14-28-20/h4-12,14H,3,13H2,1-2H3. The molecule has 0 unspecified atom stereocenters. The molecule has 0 radical (unpaired) electrons. The van der Waals surface area contributed by atoms with E-state index in [-0.39, 0.29) is 18.1 Å². The average molecular weight is 392 g/mol. The Kier molecular flexibility index (Phi) is 4.83. The van der Waals surface area contributed by atoms with E-state index in [1.165, 1.54) is 15.9 Å². The van der Waals surface area contributed by atoms with E-state index in [2.05, 4.69) is 4.98 Å². The molecule has 2 aromatic carbocycles. The minimum Gasteiger partial charge on any atom is -0.292 e. The number of nitrogens with zero attached hydrogens (tertiary/aromatic N) is 4. The predicted octanol–water partition coefficient (Wildman–Crippen LogP) is 3.95. The van der Waals surface area contributed by atoms with Gasteiger partial charge >= 0.3 is 5.69 Å². The fourth-order valence-corrected chi connectivity index (χ4v) is 4.16. The molecule has 0 spiro atoms. The van der Waals surface area contributed by atoms with Crippen molar-refractivity contribution in [2.45, 2.75) is 26.9 Å². The van der Waals surface area contributed by atoms with E-state index in [9.17, 15) is 9.59 Å². The van der Waals surface area contributed by atoms with Crippen LogP contribution in [0.25, 0.3) is 11.0 Å². The summed E-state index contributed by atoms with van der Waals surface area (Å²) in [4.78, 5) is 32.3. The number of rotatable bonds is 5. The summed E-state index contributed by atoms with van der Waals surface area (Å²) in [5, 5.41) is 2.51. The first-order valence-electron chi connectivity index (χ1n) is 9.08. The first-order chi connectivity index (χ1) is 13.6. The van der Waals surface area contributed by atoms with Crippen LogP contribution in [0.2, 0.25) is 0 Å². The van der Waals surface area contributed by atoms with Crippen LogP contribution in [0, 0.1) is 6.92 Å². The van der Waals surface area contributed by atoms with Crippen LogP contribution in [0.5, 0.6) is 0 Å². The van der Waals surface area contributed by atoms with E-state index < -0.39 is 0 Å². The molecule has 4 rings (SSSR count). The second kappa shape index (κ2) is 7.44. The third-order valence-electron chi connectivity index (χ3n) is 4.60. The number of thiazole rings is 1. The summed E-state index contributed by atoms with van der Waals surface area (Å²) >= 11 is 1.41. The number of amides is 1. The van der Waals surface area contributed by atoms with Gasteiger partial charge in [-0.25, -0.2) is 9.78 Å². The smallest absolute Gasteiger partial charge is 0.292 e. The van der Waals surface area contributed by atoms with E-state index in [4.69, 9.17) is 0 Å². The van der Waals surface area contributed by atoms with E-state index in [1.54, 1.807) is 9.47 Å². The number of para-hydroxylation sites is 3. The summed E-state index contributed by atoms with van der Waals surface area (Å²) in [6.07, 6.45) is 0. The Bertz CT molecular complexity index is 1190. The molecule has 6 nitrogen and oxygen atoms in total. The van der Waals surface area contributed by atoms with Crippen molar-refractivity contribution in [3.05, 3.63) is 76.2 Å². The van der Waals surface area contributed by atoms with Crippen LogP contribution < -0.4 is 10.6 Å². The first-order valence-corrected chi connectivity index (χ1v) is 9.96. The number of aromatic nitrogens is 3. The van der Waals surface area contributed by atoms with Crippen molar-refractivity contribution in [3.8, 4) is 0 Å². The van der Waals surface area contributed by atoms with Crippen molar-refractivity contribution < 1.29 is 4.79 Å². The summed E-state index contributed by atoms with van der Waals surface area (Å²) in [6, 6.07) is 16.9. The molecule has 0 N–H and O–H groups in total. The van der Waals surface area contributed by atoms with Crippen molar-refractivity contribution >= 4 is 39.1 Å². The molecule has 0 fully saturated rings. The topological polar surface area (TPSA) is 60.1 Å². The van der Waals surface area contributed by atoms with Gasteiger partial charge in [-0.2, -0.15) is 0 Å². The zero-order chi connectivity index (χ0) is 19.7. The maximum absolute atomic E-state index is 13.3. The van der Waals surface area contributed by atoms with Gasteiger partial charge in [-0.05, 0) is 38.1 Å². The van der Waals surface area contributed by atoms with Gasteiger partial charge in [0.1, 0.15) is 6.54 Å². The third kappa shape index (κ3) is 3.14. The van der Waals surface area contributed by atoms with Gasteiger partial charge in [0.25, 0.3) is 5.91 Å². The van der Waals surface area contributed by atoms with Gasteiger partial charge in [0.05, 0.1) is 22.4 Å². The van der Waals surface area contributed by atoms with Gasteiger partial charge in [-0.15, -0.1) is 11.3 Å². The summed E-state index contributed by atoms with van der Waals surface area (Å²) in [6.45, 7) is 4.32. The Labute approximate surface area is 166 Å². The number of fused-ring (bicyclic) bond motifs is 1. The maximum Gasteiger partial charge on any atom is 0.329 e. The summed E-state index contributed by atoms with van der Waals surface area (Å²) in [5.74, 6) is -0.207. The molecule has 0 atom stereocenters. The molecule has 2 aromatic heterocycles. The van der Waals surface area contributed by atoms with Crippen molar-refractivity contribution in [2.75, 3.05) is 4.90 Å². The Morgan fingerprint density at radius 3 is 2.29 bits per heavy atom. The van der Waals surface area contributed by atoms with Crippen LogP contribution in [0.15, 0.2) is 64.8 Å². The molecule has 2 heterocycles. The van der Waals surface area contributed by atoms with Crippen molar-refractivity contribution in [2.24, 2.45) is 0 Å². The number of hydrogen-bond acceptors (Lipinski definition) is 4. The van der Waals surface area contributed by atoms with Crippen LogP contribution in [0.1, 0.15) is 12.6 Å². The van der Waals surface area contributed by atoms with E-state index in [0.29, 0.717) is 11.7 Å². The SMILES string of the molecule is CCn1c(=O)n(CC(=O)N(c2ccccc2)c2nc(C)cs2)c2ccccc21. The maximum atomic E-state index is 13.3. The van der Waals surface area contributed by atoms with E-state index in [0.717, 1.165) is 22.4 Å². The first kappa shape index (κ1) is 18.2. The second-order valence-electron chi connectivity index (χ2n) is 6.44. The second-order valence-corrected chi connectivity index (χ2v) is 7.27. The Morgan fingerprint density at radius 2 is 1.68 bits per heavy atom. The molecule has 0 bridgehead atoms. The fraction of sp³-hybridized carbons (Fsp3) is 0.190. The van der Waals surface area contributed by atoms with E-state index in [1.807, 2.05) is 73.8 Å². The molecule has 7 heteroatoms. The normalized spacial score (nSPS) is 11.1. The highest BCUT2D eigenvalue weighted by molar-refractivity contribution is 7.14. The molecular weight excluding hydrogens is 372 g/mol.